The minimum Gasteiger partial charge on any atom is -0.454 e. The third kappa shape index (κ3) is 6.96. The van der Waals surface area contributed by atoms with Crippen LogP contribution in [-0.4, -0.2) is 36.6 Å². The number of carbonyl (C=O) groups excluding carboxylic acids is 2. The lowest BCUT2D eigenvalue weighted by molar-refractivity contribution is -0.117. The third-order valence-corrected chi connectivity index (χ3v) is 5.35. The molecule has 33 heavy (non-hydrogen) atoms. The van der Waals surface area contributed by atoms with Gasteiger partial charge in [0, 0.05) is 30.8 Å². The lowest BCUT2D eigenvalue weighted by Gasteiger charge is -2.32. The quantitative estimate of drug-likeness (QED) is 0.617. The fourth-order valence-electron chi connectivity index (χ4n) is 3.65. The number of benzene rings is 2. The Balaban J connectivity index is 1.80. The molecule has 2 amide bonds. The molecule has 1 aliphatic rings. The number of carbonyl (C=O) groups is 2. The van der Waals surface area contributed by atoms with Crippen LogP contribution < -0.4 is 20.5 Å². The van der Waals surface area contributed by atoms with E-state index in [1.165, 1.54) is 0 Å². The topological polar surface area (TPSA) is 93.9 Å². The minimum absolute atomic E-state index is 0.0304. The fraction of sp³-hybridized carbons (Fsp3) is 0.462. The summed E-state index contributed by atoms with van der Waals surface area (Å²) in [5.41, 5.74) is 7.78. The van der Waals surface area contributed by atoms with E-state index in [0.29, 0.717) is 43.1 Å². The summed E-state index contributed by atoms with van der Waals surface area (Å²) in [6.45, 7) is 11.6. The summed E-state index contributed by atoms with van der Waals surface area (Å²) in [5, 5.41) is 2.97. The van der Waals surface area contributed by atoms with Crippen molar-refractivity contribution in [2.24, 2.45) is 16.6 Å². The van der Waals surface area contributed by atoms with Gasteiger partial charge in [-0.25, -0.2) is 0 Å². The molecule has 2 aromatic rings. The maximum atomic E-state index is 13.5. The van der Waals surface area contributed by atoms with Gasteiger partial charge in [-0.2, -0.15) is 0 Å². The van der Waals surface area contributed by atoms with Crippen LogP contribution in [0, 0.1) is 10.8 Å². The van der Waals surface area contributed by atoms with Crippen molar-refractivity contribution < 1.29 is 19.1 Å². The molecule has 0 unspecified atom stereocenters. The minimum atomic E-state index is -0.259. The van der Waals surface area contributed by atoms with Crippen LogP contribution in [-0.2, 0) is 11.3 Å². The second-order valence-corrected chi connectivity index (χ2v) is 10.6. The molecular weight excluding hydrogens is 418 g/mol. The predicted octanol–water partition coefficient (Wildman–Crippen LogP) is 4.42. The highest BCUT2D eigenvalue weighted by Gasteiger charge is 2.26. The van der Waals surface area contributed by atoms with Gasteiger partial charge in [-0.05, 0) is 53.3 Å². The van der Waals surface area contributed by atoms with E-state index < -0.39 is 0 Å². The highest BCUT2D eigenvalue weighted by atomic mass is 16.7. The summed E-state index contributed by atoms with van der Waals surface area (Å²) in [6, 6.07) is 12.8. The Morgan fingerprint density at radius 3 is 2.45 bits per heavy atom. The van der Waals surface area contributed by atoms with Crippen LogP contribution in [0.5, 0.6) is 11.5 Å². The summed E-state index contributed by atoms with van der Waals surface area (Å²) in [7, 11) is 0. The molecule has 0 saturated heterocycles. The smallest absolute Gasteiger partial charge is 0.254 e. The van der Waals surface area contributed by atoms with Crippen molar-refractivity contribution in [3.05, 3.63) is 53.6 Å². The van der Waals surface area contributed by atoms with E-state index in [-0.39, 0.29) is 29.4 Å². The molecule has 0 bridgehead atoms. The van der Waals surface area contributed by atoms with Gasteiger partial charge in [-0.15, -0.1) is 0 Å². The molecule has 0 atom stereocenters. The normalized spacial score (nSPS) is 13.0. The lowest BCUT2D eigenvalue weighted by atomic mass is 9.92. The van der Waals surface area contributed by atoms with Gasteiger partial charge in [0.25, 0.3) is 5.91 Å². The van der Waals surface area contributed by atoms with Crippen molar-refractivity contribution in [3.8, 4) is 11.5 Å². The van der Waals surface area contributed by atoms with E-state index >= 15 is 0 Å². The summed E-state index contributed by atoms with van der Waals surface area (Å²) >= 11 is 0. The Kier molecular flexibility index (Phi) is 7.32. The van der Waals surface area contributed by atoms with Crippen LogP contribution >= 0.6 is 0 Å². The van der Waals surface area contributed by atoms with Crippen LogP contribution in [0.4, 0.5) is 5.69 Å². The highest BCUT2D eigenvalue weighted by Crippen LogP contribution is 2.33. The van der Waals surface area contributed by atoms with Crippen molar-refractivity contribution in [1.29, 1.82) is 0 Å². The number of hydrogen-bond donors (Lipinski definition) is 2. The van der Waals surface area contributed by atoms with Gasteiger partial charge in [0.15, 0.2) is 11.5 Å². The van der Waals surface area contributed by atoms with Crippen molar-refractivity contribution in [1.82, 2.24) is 4.90 Å². The van der Waals surface area contributed by atoms with Gasteiger partial charge in [-0.1, -0.05) is 46.8 Å². The molecule has 178 valence electrons. The summed E-state index contributed by atoms with van der Waals surface area (Å²) in [5.74, 6) is 1.07. The fourth-order valence-corrected chi connectivity index (χ4v) is 3.65. The van der Waals surface area contributed by atoms with E-state index in [0.717, 1.165) is 11.3 Å². The van der Waals surface area contributed by atoms with Crippen molar-refractivity contribution >= 4 is 17.5 Å². The van der Waals surface area contributed by atoms with E-state index in [2.05, 4.69) is 5.32 Å². The van der Waals surface area contributed by atoms with Gasteiger partial charge in [-0.3, -0.25) is 9.59 Å². The van der Waals surface area contributed by atoms with Gasteiger partial charge in [0.2, 0.25) is 12.7 Å². The molecule has 0 saturated carbocycles. The van der Waals surface area contributed by atoms with Crippen LogP contribution in [0.1, 0.15) is 57.0 Å². The van der Waals surface area contributed by atoms with Crippen molar-refractivity contribution in [3.63, 3.8) is 0 Å². The monoisotopic (exact) mass is 453 g/mol. The number of ether oxygens (including phenoxy) is 2. The second-order valence-electron chi connectivity index (χ2n) is 10.6. The SMILES string of the molecule is CC(C)(C)CC(=O)Nc1cccc(CN(CC(C)(C)CN)C(=O)c2ccc3c(c2)OCO3)c1. The first-order chi connectivity index (χ1) is 15.5. The molecule has 0 spiro atoms. The molecule has 1 aliphatic heterocycles. The second kappa shape index (κ2) is 9.83. The number of rotatable bonds is 8. The van der Waals surface area contributed by atoms with Crippen LogP contribution in [0.25, 0.3) is 0 Å². The van der Waals surface area contributed by atoms with Crippen molar-refractivity contribution in [2.75, 3.05) is 25.2 Å². The molecule has 7 heteroatoms. The van der Waals surface area contributed by atoms with E-state index in [1.807, 2.05) is 58.9 Å². The average molecular weight is 454 g/mol. The summed E-state index contributed by atoms with van der Waals surface area (Å²) in [4.78, 5) is 27.6. The third-order valence-electron chi connectivity index (χ3n) is 5.35. The van der Waals surface area contributed by atoms with E-state index in [9.17, 15) is 9.59 Å². The predicted molar refractivity (Wildman–Crippen MR) is 129 cm³/mol. The number of nitrogens with one attached hydrogen (secondary N) is 1. The number of anilines is 1. The Morgan fingerprint density at radius 1 is 1.03 bits per heavy atom. The molecule has 0 aliphatic carbocycles. The lowest BCUT2D eigenvalue weighted by Crippen LogP contribution is -2.41. The van der Waals surface area contributed by atoms with Gasteiger partial charge in [0.1, 0.15) is 0 Å². The number of nitrogens with two attached hydrogens (primary N) is 1. The van der Waals surface area contributed by atoms with Crippen LogP contribution in [0.15, 0.2) is 42.5 Å². The molecule has 0 fully saturated rings. The number of amides is 2. The maximum absolute atomic E-state index is 13.5. The van der Waals surface area contributed by atoms with Crippen LogP contribution in [0.3, 0.4) is 0 Å². The number of hydrogen-bond acceptors (Lipinski definition) is 5. The first kappa shape index (κ1) is 24.6. The molecule has 7 nitrogen and oxygen atoms in total. The van der Waals surface area contributed by atoms with E-state index in [1.54, 1.807) is 23.1 Å². The maximum Gasteiger partial charge on any atom is 0.254 e. The Hall–Kier alpha value is -3.06. The number of nitrogens with zero attached hydrogens (tertiary/aromatic N) is 1. The molecule has 0 radical (unpaired) electrons. The summed E-state index contributed by atoms with van der Waals surface area (Å²) < 4.78 is 10.8. The average Bonchev–Trinajstić information content (AvgIpc) is 3.19. The zero-order chi connectivity index (χ0) is 24.2. The van der Waals surface area contributed by atoms with Gasteiger partial charge in [0.05, 0.1) is 0 Å². The zero-order valence-corrected chi connectivity index (χ0v) is 20.2. The largest absolute Gasteiger partial charge is 0.454 e. The first-order valence-electron chi connectivity index (χ1n) is 11.2. The molecule has 0 aromatic heterocycles. The Labute approximate surface area is 196 Å². The first-order valence-corrected chi connectivity index (χ1v) is 11.2. The molecule has 2 aromatic carbocycles. The standard InChI is InChI=1S/C26H35N3O4/c1-25(2,3)13-23(30)28-20-8-6-7-18(11-20)14-29(16-26(4,5)15-27)24(31)19-9-10-21-22(12-19)33-17-32-21/h6-12H,13-17,27H2,1-5H3,(H,28,30). The number of fused-ring (bicyclic) bond motifs is 1. The Bertz CT molecular complexity index is 1010. The van der Waals surface area contributed by atoms with Gasteiger partial charge < -0.3 is 25.4 Å². The highest BCUT2D eigenvalue weighted by molar-refractivity contribution is 5.95. The molecule has 3 rings (SSSR count). The Morgan fingerprint density at radius 2 is 1.76 bits per heavy atom. The zero-order valence-electron chi connectivity index (χ0n) is 20.2. The summed E-state index contributed by atoms with van der Waals surface area (Å²) in [6.07, 6.45) is 0.427. The van der Waals surface area contributed by atoms with E-state index in [4.69, 9.17) is 15.2 Å². The van der Waals surface area contributed by atoms with Crippen LogP contribution in [0.2, 0.25) is 0 Å². The molecule has 1 heterocycles. The van der Waals surface area contributed by atoms with Crippen molar-refractivity contribution in [2.45, 2.75) is 47.6 Å². The molecule has 3 N–H and O–H groups in total. The van der Waals surface area contributed by atoms with Gasteiger partial charge >= 0.3 is 0 Å². The molecular formula is C26H35N3O4.